The first kappa shape index (κ1) is 18.2. The van der Waals surface area contributed by atoms with Gasteiger partial charge in [-0.05, 0) is 50.7 Å². The predicted molar refractivity (Wildman–Crippen MR) is 103 cm³/mol. The number of nitrogens with zero attached hydrogens (tertiary/aromatic N) is 2. The third-order valence-electron chi connectivity index (χ3n) is 5.37. The summed E-state index contributed by atoms with van der Waals surface area (Å²) < 4.78 is 26.9. The second kappa shape index (κ2) is 7.44. The Morgan fingerprint density at radius 3 is 2.52 bits per heavy atom. The number of anilines is 1. The largest absolute Gasteiger partial charge is 0.353 e. The first-order valence-electron chi connectivity index (χ1n) is 9.48. The number of fused-ring (bicyclic) bond motifs is 1. The molecule has 1 fully saturated rings. The van der Waals surface area contributed by atoms with Gasteiger partial charge in [-0.25, -0.2) is 13.4 Å². The van der Waals surface area contributed by atoms with Crippen molar-refractivity contribution < 1.29 is 8.42 Å². The quantitative estimate of drug-likeness (QED) is 0.834. The van der Waals surface area contributed by atoms with E-state index in [0.717, 1.165) is 36.9 Å². The van der Waals surface area contributed by atoms with Crippen LogP contribution in [0.3, 0.4) is 0 Å². The highest BCUT2D eigenvalue weighted by atomic mass is 32.2. The molecule has 0 unspecified atom stereocenters. The predicted octanol–water partition coefficient (Wildman–Crippen LogP) is 1.91. The topological polar surface area (TPSA) is 95.2 Å². The van der Waals surface area contributed by atoms with Crippen LogP contribution in [0.2, 0.25) is 0 Å². The summed E-state index contributed by atoms with van der Waals surface area (Å²) in [6.07, 6.45) is 5.10. The fourth-order valence-electron chi connectivity index (χ4n) is 3.85. The molecule has 2 heterocycles. The van der Waals surface area contributed by atoms with Crippen LogP contribution < -0.4 is 10.9 Å². The summed E-state index contributed by atoms with van der Waals surface area (Å²) in [6, 6.07) is 8.63. The maximum atomic E-state index is 12.7. The Morgan fingerprint density at radius 2 is 1.78 bits per heavy atom. The van der Waals surface area contributed by atoms with E-state index in [-0.39, 0.29) is 11.6 Å². The molecule has 0 saturated carbocycles. The molecular formula is C19H24N4O3S. The summed E-state index contributed by atoms with van der Waals surface area (Å²) in [6.45, 7) is 0.897. The van der Waals surface area contributed by atoms with Gasteiger partial charge in [0.2, 0.25) is 16.0 Å². The molecule has 0 amide bonds. The van der Waals surface area contributed by atoms with Gasteiger partial charge in [0.1, 0.15) is 0 Å². The summed E-state index contributed by atoms with van der Waals surface area (Å²) >= 11 is 0. The van der Waals surface area contributed by atoms with Gasteiger partial charge < -0.3 is 5.32 Å². The minimum absolute atomic E-state index is 0.0497. The third-order valence-corrected chi connectivity index (χ3v) is 7.28. The van der Waals surface area contributed by atoms with Gasteiger partial charge in [-0.1, -0.05) is 18.2 Å². The zero-order valence-corrected chi connectivity index (χ0v) is 16.0. The monoisotopic (exact) mass is 388 g/mol. The number of hydrogen-bond donors (Lipinski definition) is 2. The van der Waals surface area contributed by atoms with E-state index in [9.17, 15) is 13.2 Å². The number of nitrogens with one attached hydrogen (secondary N) is 2. The van der Waals surface area contributed by atoms with Gasteiger partial charge >= 0.3 is 0 Å². The minimum atomic E-state index is -3.44. The first-order chi connectivity index (χ1) is 13.0. The maximum absolute atomic E-state index is 12.7. The Hall–Kier alpha value is -2.19. The average molecular weight is 388 g/mol. The summed E-state index contributed by atoms with van der Waals surface area (Å²) in [7, 11) is -3.44. The Bertz CT molecular complexity index is 964. The Kier molecular flexibility index (Phi) is 5.01. The Morgan fingerprint density at radius 1 is 1.07 bits per heavy atom. The highest BCUT2D eigenvalue weighted by Crippen LogP contribution is 2.22. The van der Waals surface area contributed by atoms with Gasteiger partial charge in [-0.3, -0.25) is 9.78 Å². The number of sulfonamides is 1. The molecule has 0 atom stereocenters. The normalized spacial score (nSPS) is 18.8. The molecule has 1 aliphatic carbocycles. The number of rotatable bonds is 4. The van der Waals surface area contributed by atoms with Crippen molar-refractivity contribution in [2.75, 3.05) is 18.4 Å². The number of H-pyrrole nitrogens is 1. The van der Waals surface area contributed by atoms with Crippen molar-refractivity contribution in [1.29, 1.82) is 0 Å². The van der Waals surface area contributed by atoms with E-state index in [1.54, 1.807) is 24.3 Å². The number of benzene rings is 1. The van der Waals surface area contributed by atoms with E-state index < -0.39 is 10.0 Å². The fraction of sp³-hybridized carbons (Fsp3) is 0.474. The molecule has 0 radical (unpaired) electrons. The van der Waals surface area contributed by atoms with Crippen LogP contribution in [0.25, 0.3) is 0 Å². The molecule has 7 nitrogen and oxygen atoms in total. The van der Waals surface area contributed by atoms with Crippen molar-refractivity contribution in [3.63, 3.8) is 0 Å². The van der Waals surface area contributed by atoms with E-state index in [4.69, 9.17) is 0 Å². The van der Waals surface area contributed by atoms with Crippen molar-refractivity contribution in [1.82, 2.24) is 14.3 Å². The standard InChI is InChI=1S/C19H24N4O3S/c24-18-16-8-4-5-9-17(16)21-19(22-18)20-14-10-12-23(13-11-14)27(25,26)15-6-2-1-3-7-15/h1-3,6-7,14H,4-5,8-13H2,(H2,20,21,22,24). The molecular weight excluding hydrogens is 364 g/mol. The molecule has 1 aliphatic heterocycles. The minimum Gasteiger partial charge on any atom is -0.353 e. The van der Waals surface area contributed by atoms with Crippen molar-refractivity contribution in [3.8, 4) is 0 Å². The lowest BCUT2D eigenvalue weighted by Gasteiger charge is -2.31. The van der Waals surface area contributed by atoms with Gasteiger partial charge in [0, 0.05) is 24.7 Å². The van der Waals surface area contributed by atoms with Crippen molar-refractivity contribution in [2.24, 2.45) is 0 Å². The highest BCUT2D eigenvalue weighted by Gasteiger charge is 2.29. The van der Waals surface area contributed by atoms with Crippen molar-refractivity contribution in [2.45, 2.75) is 49.5 Å². The van der Waals surface area contributed by atoms with Crippen LogP contribution >= 0.6 is 0 Å². The number of hydrogen-bond acceptors (Lipinski definition) is 5. The average Bonchev–Trinajstić information content (AvgIpc) is 2.69. The molecule has 27 heavy (non-hydrogen) atoms. The Labute approximate surface area is 158 Å². The molecule has 4 rings (SSSR count). The highest BCUT2D eigenvalue weighted by molar-refractivity contribution is 7.89. The van der Waals surface area contributed by atoms with E-state index in [1.165, 1.54) is 4.31 Å². The van der Waals surface area contributed by atoms with E-state index in [1.807, 2.05) is 6.07 Å². The number of aryl methyl sites for hydroxylation is 1. The summed E-state index contributed by atoms with van der Waals surface area (Å²) in [5.41, 5.74) is 1.67. The maximum Gasteiger partial charge on any atom is 0.255 e. The summed E-state index contributed by atoms with van der Waals surface area (Å²) in [4.78, 5) is 20.0. The second-order valence-electron chi connectivity index (χ2n) is 7.18. The lowest BCUT2D eigenvalue weighted by Crippen LogP contribution is -2.42. The molecule has 144 valence electrons. The lowest BCUT2D eigenvalue weighted by molar-refractivity contribution is 0.329. The number of aromatic nitrogens is 2. The SMILES string of the molecule is O=c1[nH]c(NC2CCN(S(=O)(=O)c3ccccc3)CC2)nc2c1CCCC2. The molecule has 1 saturated heterocycles. The lowest BCUT2D eigenvalue weighted by atomic mass is 9.97. The van der Waals surface area contributed by atoms with Gasteiger partial charge in [-0.2, -0.15) is 4.31 Å². The fourth-order valence-corrected chi connectivity index (χ4v) is 5.34. The first-order valence-corrected chi connectivity index (χ1v) is 10.9. The number of piperidine rings is 1. The summed E-state index contributed by atoms with van der Waals surface area (Å²) in [5, 5.41) is 3.30. The number of aromatic amines is 1. The van der Waals surface area contributed by atoms with Crippen LogP contribution in [0.5, 0.6) is 0 Å². The van der Waals surface area contributed by atoms with Crippen LogP contribution in [0.1, 0.15) is 36.9 Å². The Balaban J connectivity index is 1.42. The molecule has 0 bridgehead atoms. The molecule has 2 aliphatic rings. The van der Waals surface area contributed by atoms with Crippen LogP contribution in [0, 0.1) is 0 Å². The van der Waals surface area contributed by atoms with E-state index in [0.29, 0.717) is 36.8 Å². The zero-order valence-electron chi connectivity index (χ0n) is 15.1. The molecule has 2 aromatic rings. The molecule has 1 aromatic heterocycles. The van der Waals surface area contributed by atoms with Crippen LogP contribution in [-0.4, -0.2) is 41.8 Å². The molecule has 8 heteroatoms. The summed E-state index contributed by atoms with van der Waals surface area (Å²) in [5.74, 6) is 0.505. The van der Waals surface area contributed by atoms with Gasteiger partial charge in [0.25, 0.3) is 5.56 Å². The van der Waals surface area contributed by atoms with Gasteiger partial charge in [0.05, 0.1) is 10.6 Å². The third kappa shape index (κ3) is 3.77. The second-order valence-corrected chi connectivity index (χ2v) is 9.12. The molecule has 2 N–H and O–H groups in total. The van der Waals surface area contributed by atoms with Gasteiger partial charge in [-0.15, -0.1) is 0 Å². The van der Waals surface area contributed by atoms with E-state index in [2.05, 4.69) is 15.3 Å². The van der Waals surface area contributed by atoms with Crippen LogP contribution in [-0.2, 0) is 22.9 Å². The van der Waals surface area contributed by atoms with E-state index >= 15 is 0 Å². The van der Waals surface area contributed by atoms with Crippen molar-refractivity contribution >= 4 is 16.0 Å². The zero-order chi connectivity index (χ0) is 18.9. The molecule has 1 aromatic carbocycles. The molecule has 0 spiro atoms. The van der Waals surface area contributed by atoms with Crippen molar-refractivity contribution in [3.05, 3.63) is 51.9 Å². The van der Waals surface area contributed by atoms with Gasteiger partial charge in [0.15, 0.2) is 0 Å². The van der Waals surface area contributed by atoms with Crippen LogP contribution in [0.15, 0.2) is 40.0 Å². The van der Waals surface area contributed by atoms with Crippen LogP contribution in [0.4, 0.5) is 5.95 Å². The smallest absolute Gasteiger partial charge is 0.255 e.